The first-order valence-electron chi connectivity index (χ1n) is 24.6. The minimum atomic E-state index is -4.54. The van der Waals surface area contributed by atoms with E-state index in [2.05, 4.69) is 98.9 Å². The molecule has 0 aromatic rings. The molecule has 3 N–H and O–H groups in total. The van der Waals surface area contributed by atoms with E-state index < -0.39 is 45.8 Å². The van der Waals surface area contributed by atoms with Crippen molar-refractivity contribution >= 4 is 13.8 Å². The van der Waals surface area contributed by atoms with Gasteiger partial charge in [0.05, 0.1) is 26.4 Å². The first-order chi connectivity index (χ1) is 30.3. The first-order valence-corrected chi connectivity index (χ1v) is 26.1. The number of aliphatic hydroxyl groups is 2. The van der Waals surface area contributed by atoms with Crippen molar-refractivity contribution in [3.05, 3.63) is 85.1 Å². The number of esters is 1. The standard InChI is InChI=1S/C52H91O9P/c1-3-5-7-9-11-13-15-17-19-21-23-24-25-26-27-28-30-32-34-36-38-40-42-44-52(55)61-51(49-60-62(56,57)59-47-50(54)46-53)48-58-45-43-41-39-37-35-33-31-29-22-20-18-16-14-12-10-8-6-4-2/h5,7,11,13,17-20,23-24,26-27,30,32,50-51,53-54H,3-4,6,8-10,12,14-16,21-22,25,28-29,31,33-49H2,1-2H3,(H,56,57)/b7-5-,13-11-,19-17-,20-18-,24-23-,27-26-,32-30-. The molecule has 0 fully saturated rings. The number of carbonyl (C=O) groups excluding carboxylic acids is 1. The molecule has 0 aliphatic rings. The topological polar surface area (TPSA) is 132 Å². The summed E-state index contributed by atoms with van der Waals surface area (Å²) >= 11 is 0. The third-order valence-electron chi connectivity index (χ3n) is 10.1. The number of rotatable bonds is 46. The zero-order chi connectivity index (χ0) is 45.3. The van der Waals surface area contributed by atoms with Crippen molar-refractivity contribution in [1.82, 2.24) is 0 Å². The molecule has 358 valence electrons. The predicted octanol–water partition coefficient (Wildman–Crippen LogP) is 14.3. The first kappa shape index (κ1) is 59.6. The number of ether oxygens (including phenoxy) is 2. The Kier molecular flexibility index (Phi) is 46.3. The Hall–Kier alpha value is -2.36. The van der Waals surface area contributed by atoms with Gasteiger partial charge in [0.15, 0.2) is 0 Å². The quantitative estimate of drug-likeness (QED) is 0.0236. The largest absolute Gasteiger partial charge is 0.472 e. The zero-order valence-electron chi connectivity index (χ0n) is 39.3. The Balaban J connectivity index is 4.20. The molecule has 0 radical (unpaired) electrons. The van der Waals surface area contributed by atoms with Crippen molar-refractivity contribution in [3.63, 3.8) is 0 Å². The van der Waals surface area contributed by atoms with E-state index in [1.54, 1.807) is 0 Å². The summed E-state index contributed by atoms with van der Waals surface area (Å²) in [7, 11) is -4.54. The highest BCUT2D eigenvalue weighted by Gasteiger charge is 2.26. The van der Waals surface area contributed by atoms with Gasteiger partial charge in [0.25, 0.3) is 0 Å². The average molecular weight is 891 g/mol. The maximum absolute atomic E-state index is 12.7. The number of phosphoric acid groups is 1. The van der Waals surface area contributed by atoms with Gasteiger partial charge in [0.2, 0.25) is 0 Å². The number of phosphoric ester groups is 1. The highest BCUT2D eigenvalue weighted by molar-refractivity contribution is 7.47. The van der Waals surface area contributed by atoms with Gasteiger partial charge in [-0.05, 0) is 89.9 Å². The van der Waals surface area contributed by atoms with Crippen LogP contribution in [0.4, 0.5) is 0 Å². The summed E-state index contributed by atoms with van der Waals surface area (Å²) in [6.07, 6.45) is 59.7. The van der Waals surface area contributed by atoms with Crippen molar-refractivity contribution in [2.45, 2.75) is 206 Å². The molecular weight excluding hydrogens is 800 g/mol. The Morgan fingerprint density at radius 1 is 0.516 bits per heavy atom. The number of allylic oxidation sites excluding steroid dienone is 14. The van der Waals surface area contributed by atoms with Crippen LogP contribution < -0.4 is 0 Å². The molecule has 3 atom stereocenters. The third kappa shape index (κ3) is 47.1. The van der Waals surface area contributed by atoms with E-state index in [0.29, 0.717) is 13.0 Å². The maximum atomic E-state index is 12.7. The van der Waals surface area contributed by atoms with Crippen molar-refractivity contribution in [2.24, 2.45) is 0 Å². The second-order valence-electron chi connectivity index (χ2n) is 16.1. The van der Waals surface area contributed by atoms with E-state index in [1.165, 1.54) is 83.5 Å². The Morgan fingerprint density at radius 3 is 1.40 bits per heavy atom. The molecule has 0 heterocycles. The van der Waals surface area contributed by atoms with Gasteiger partial charge in [-0.3, -0.25) is 13.8 Å². The number of hydrogen-bond acceptors (Lipinski definition) is 8. The normalized spacial score (nSPS) is 14.6. The number of carbonyl (C=O) groups is 1. The molecule has 0 bridgehead atoms. The summed E-state index contributed by atoms with van der Waals surface area (Å²) in [5, 5.41) is 18.4. The van der Waals surface area contributed by atoms with Gasteiger partial charge in [-0.2, -0.15) is 0 Å². The number of hydrogen-bond donors (Lipinski definition) is 3. The van der Waals surface area contributed by atoms with Crippen LogP contribution in [0.3, 0.4) is 0 Å². The lowest BCUT2D eigenvalue weighted by molar-refractivity contribution is -0.154. The van der Waals surface area contributed by atoms with Gasteiger partial charge in [-0.1, -0.05) is 182 Å². The van der Waals surface area contributed by atoms with E-state index in [1.807, 2.05) is 0 Å². The minimum Gasteiger partial charge on any atom is -0.457 e. The molecule has 10 heteroatoms. The van der Waals surface area contributed by atoms with Gasteiger partial charge in [-0.15, -0.1) is 0 Å². The number of unbranched alkanes of at least 4 members (excludes halogenated alkanes) is 18. The highest BCUT2D eigenvalue weighted by Crippen LogP contribution is 2.43. The van der Waals surface area contributed by atoms with Crippen LogP contribution in [-0.4, -0.2) is 66.3 Å². The highest BCUT2D eigenvalue weighted by atomic mass is 31.2. The van der Waals surface area contributed by atoms with Crippen LogP contribution in [0.2, 0.25) is 0 Å². The molecule has 9 nitrogen and oxygen atoms in total. The maximum Gasteiger partial charge on any atom is 0.472 e. The Bertz CT molecular complexity index is 1240. The van der Waals surface area contributed by atoms with Crippen molar-refractivity contribution in [3.8, 4) is 0 Å². The Morgan fingerprint density at radius 2 is 0.919 bits per heavy atom. The molecule has 0 aromatic carbocycles. The van der Waals surface area contributed by atoms with Gasteiger partial charge in [-0.25, -0.2) is 4.57 Å². The molecule has 0 rings (SSSR count). The van der Waals surface area contributed by atoms with Crippen LogP contribution in [0.25, 0.3) is 0 Å². The molecule has 0 aromatic heterocycles. The summed E-state index contributed by atoms with van der Waals surface area (Å²) in [5.41, 5.74) is 0. The van der Waals surface area contributed by atoms with Crippen LogP contribution in [0.1, 0.15) is 194 Å². The van der Waals surface area contributed by atoms with E-state index in [-0.39, 0.29) is 13.0 Å². The van der Waals surface area contributed by atoms with Crippen LogP contribution in [0.15, 0.2) is 85.1 Å². The Labute approximate surface area is 379 Å². The fourth-order valence-corrected chi connectivity index (χ4v) is 7.14. The van der Waals surface area contributed by atoms with Crippen molar-refractivity contribution < 1.29 is 43.0 Å². The summed E-state index contributed by atoms with van der Waals surface area (Å²) in [6, 6.07) is 0. The average Bonchev–Trinajstić information content (AvgIpc) is 3.26. The fourth-order valence-electron chi connectivity index (χ4n) is 6.35. The SMILES string of the molecule is CC/C=C\C/C=C\C/C=C\C/C=C\C/C=C\C/C=C\CCCCCCC(=O)OC(COCCCCCCCCCC/C=C\CCCCCCCC)COP(=O)(O)OCC(O)CO. The zero-order valence-corrected chi connectivity index (χ0v) is 40.2. The van der Waals surface area contributed by atoms with Crippen LogP contribution >= 0.6 is 7.82 Å². The van der Waals surface area contributed by atoms with E-state index in [4.69, 9.17) is 23.6 Å². The van der Waals surface area contributed by atoms with Crippen molar-refractivity contribution in [1.29, 1.82) is 0 Å². The van der Waals surface area contributed by atoms with E-state index >= 15 is 0 Å². The summed E-state index contributed by atoms with van der Waals surface area (Å²) in [6.45, 7) is 3.36. The van der Waals surface area contributed by atoms with Crippen LogP contribution in [0, 0.1) is 0 Å². The third-order valence-corrected chi connectivity index (χ3v) is 11.0. The second-order valence-corrected chi connectivity index (χ2v) is 17.5. The smallest absolute Gasteiger partial charge is 0.457 e. The van der Waals surface area contributed by atoms with Gasteiger partial charge in [0.1, 0.15) is 12.2 Å². The second kappa shape index (κ2) is 48.1. The molecule has 0 amide bonds. The fraction of sp³-hybridized carbons (Fsp3) is 0.712. The molecule has 0 aliphatic heterocycles. The molecule has 0 aliphatic carbocycles. The monoisotopic (exact) mass is 891 g/mol. The van der Waals surface area contributed by atoms with Gasteiger partial charge >= 0.3 is 13.8 Å². The molecule has 62 heavy (non-hydrogen) atoms. The molecule has 0 saturated carbocycles. The minimum absolute atomic E-state index is 0.0321. The molecule has 0 saturated heterocycles. The number of aliphatic hydroxyl groups excluding tert-OH is 2. The van der Waals surface area contributed by atoms with E-state index in [0.717, 1.165) is 83.5 Å². The molecule has 3 unspecified atom stereocenters. The van der Waals surface area contributed by atoms with E-state index in [9.17, 15) is 19.4 Å². The summed E-state index contributed by atoms with van der Waals surface area (Å²) in [5.74, 6) is -0.410. The summed E-state index contributed by atoms with van der Waals surface area (Å²) < 4.78 is 33.5. The van der Waals surface area contributed by atoms with Gasteiger partial charge < -0.3 is 24.6 Å². The molecular formula is C52H91O9P. The summed E-state index contributed by atoms with van der Waals surface area (Å²) in [4.78, 5) is 22.7. The lowest BCUT2D eigenvalue weighted by Gasteiger charge is -2.20. The van der Waals surface area contributed by atoms with Crippen molar-refractivity contribution in [2.75, 3.05) is 33.0 Å². The van der Waals surface area contributed by atoms with Crippen LogP contribution in [-0.2, 0) is 27.9 Å². The molecule has 0 spiro atoms. The predicted molar refractivity (Wildman–Crippen MR) is 260 cm³/mol. The van der Waals surface area contributed by atoms with Crippen LogP contribution in [0.5, 0.6) is 0 Å². The van der Waals surface area contributed by atoms with Gasteiger partial charge in [0, 0.05) is 13.0 Å². The lowest BCUT2D eigenvalue weighted by Crippen LogP contribution is -2.29. The lowest BCUT2D eigenvalue weighted by atomic mass is 10.1.